The standard InChI is InChI=1S/C26H36O2/c1-25(2,3)21-17-19(18-22(24(21)28)26(4,5)6)13-9-7-12-16-23(27)20-14-10-8-11-15-20/h8,10-11,14-15,17-18,28H,7,9,12-13,16H2,1-6H3. The maximum absolute atomic E-state index is 12.2. The van der Waals surface area contributed by atoms with E-state index in [0.29, 0.717) is 12.2 Å². The fourth-order valence-electron chi connectivity index (χ4n) is 3.54. The summed E-state index contributed by atoms with van der Waals surface area (Å²) in [4.78, 5) is 12.2. The highest BCUT2D eigenvalue weighted by Gasteiger charge is 2.26. The van der Waals surface area contributed by atoms with Crippen molar-refractivity contribution in [2.45, 2.75) is 84.5 Å². The van der Waals surface area contributed by atoms with Crippen LogP contribution in [0.15, 0.2) is 42.5 Å². The largest absolute Gasteiger partial charge is 0.507 e. The number of hydrogen-bond acceptors (Lipinski definition) is 2. The van der Waals surface area contributed by atoms with Gasteiger partial charge < -0.3 is 5.11 Å². The number of rotatable bonds is 7. The van der Waals surface area contributed by atoms with Gasteiger partial charge in [0.2, 0.25) is 0 Å². The first-order chi connectivity index (χ1) is 13.0. The average Bonchev–Trinajstić information content (AvgIpc) is 2.61. The van der Waals surface area contributed by atoms with Gasteiger partial charge in [0.25, 0.3) is 0 Å². The highest BCUT2D eigenvalue weighted by Crippen LogP contribution is 2.40. The van der Waals surface area contributed by atoms with E-state index in [1.165, 1.54) is 5.56 Å². The number of aryl methyl sites for hydroxylation is 1. The van der Waals surface area contributed by atoms with Crippen molar-refractivity contribution in [2.24, 2.45) is 0 Å². The van der Waals surface area contributed by atoms with E-state index in [2.05, 4.69) is 53.7 Å². The SMILES string of the molecule is CC(C)(C)c1cc(CCCCCC(=O)c2ccccc2)cc(C(C)(C)C)c1O. The first-order valence-electron chi connectivity index (χ1n) is 10.5. The molecule has 2 aromatic carbocycles. The Labute approximate surface area is 171 Å². The maximum Gasteiger partial charge on any atom is 0.162 e. The van der Waals surface area contributed by atoms with Gasteiger partial charge in [-0.1, -0.05) is 90.4 Å². The smallest absolute Gasteiger partial charge is 0.162 e. The number of hydrogen-bond donors (Lipinski definition) is 1. The van der Waals surface area contributed by atoms with Crippen LogP contribution in [-0.4, -0.2) is 10.9 Å². The van der Waals surface area contributed by atoms with Crippen LogP contribution in [0.3, 0.4) is 0 Å². The summed E-state index contributed by atoms with van der Waals surface area (Å²) >= 11 is 0. The molecule has 0 radical (unpaired) electrons. The molecule has 0 fully saturated rings. The second-order valence-electron chi connectivity index (χ2n) is 9.89. The van der Waals surface area contributed by atoms with Gasteiger partial charge in [0.15, 0.2) is 5.78 Å². The Hall–Kier alpha value is -2.09. The first kappa shape index (κ1) is 22.2. The van der Waals surface area contributed by atoms with Crippen LogP contribution in [0.4, 0.5) is 0 Å². The van der Waals surface area contributed by atoms with E-state index in [-0.39, 0.29) is 16.6 Å². The van der Waals surface area contributed by atoms with E-state index in [0.717, 1.165) is 42.4 Å². The lowest BCUT2D eigenvalue weighted by atomic mass is 9.78. The number of aromatic hydroxyl groups is 1. The summed E-state index contributed by atoms with van der Waals surface area (Å²) in [5.41, 5.74) is 3.95. The zero-order chi connectivity index (χ0) is 20.9. The van der Waals surface area contributed by atoms with Gasteiger partial charge in [-0.05, 0) is 46.8 Å². The quantitative estimate of drug-likeness (QED) is 0.416. The number of carbonyl (C=O) groups is 1. The lowest BCUT2D eigenvalue weighted by Crippen LogP contribution is -2.18. The third-order valence-electron chi connectivity index (χ3n) is 5.25. The monoisotopic (exact) mass is 380 g/mol. The fraction of sp³-hybridized carbons (Fsp3) is 0.500. The van der Waals surface area contributed by atoms with E-state index in [1.54, 1.807) is 0 Å². The molecule has 0 saturated heterocycles. The van der Waals surface area contributed by atoms with E-state index in [9.17, 15) is 9.90 Å². The van der Waals surface area contributed by atoms with E-state index >= 15 is 0 Å². The van der Waals surface area contributed by atoms with E-state index < -0.39 is 0 Å². The number of unbranched alkanes of at least 4 members (excludes halogenated alkanes) is 2. The Bertz CT molecular complexity index is 754. The summed E-state index contributed by atoms with van der Waals surface area (Å²) in [6.07, 6.45) is 4.60. The Balaban J connectivity index is 1.99. The molecule has 0 saturated carbocycles. The molecule has 0 unspecified atom stereocenters. The lowest BCUT2D eigenvalue weighted by Gasteiger charge is -2.28. The normalized spacial score (nSPS) is 12.2. The predicted molar refractivity (Wildman–Crippen MR) is 118 cm³/mol. The average molecular weight is 381 g/mol. The summed E-state index contributed by atoms with van der Waals surface area (Å²) in [5.74, 6) is 0.674. The summed E-state index contributed by atoms with van der Waals surface area (Å²) < 4.78 is 0. The third-order valence-corrected chi connectivity index (χ3v) is 5.25. The fourth-order valence-corrected chi connectivity index (χ4v) is 3.54. The number of phenolic OH excluding ortho intramolecular Hbond substituents is 1. The van der Waals surface area contributed by atoms with Crippen LogP contribution in [0.5, 0.6) is 5.75 Å². The molecule has 28 heavy (non-hydrogen) atoms. The van der Waals surface area contributed by atoms with Crippen LogP contribution in [0, 0.1) is 0 Å². The lowest BCUT2D eigenvalue weighted by molar-refractivity contribution is 0.0979. The van der Waals surface area contributed by atoms with Crippen molar-refractivity contribution in [1.29, 1.82) is 0 Å². The molecule has 0 aliphatic heterocycles. The van der Waals surface area contributed by atoms with Crippen LogP contribution in [0.1, 0.15) is 94.3 Å². The molecule has 0 bridgehead atoms. The maximum atomic E-state index is 12.2. The topological polar surface area (TPSA) is 37.3 Å². The molecule has 0 aliphatic rings. The number of Topliss-reactive ketones (excluding diaryl/α,β-unsaturated/α-hetero) is 1. The van der Waals surface area contributed by atoms with Crippen molar-refractivity contribution in [3.8, 4) is 5.75 Å². The van der Waals surface area contributed by atoms with Gasteiger partial charge in [-0.15, -0.1) is 0 Å². The molecule has 2 rings (SSSR count). The zero-order valence-corrected chi connectivity index (χ0v) is 18.4. The van der Waals surface area contributed by atoms with Gasteiger partial charge in [-0.3, -0.25) is 4.79 Å². The summed E-state index contributed by atoms with van der Waals surface area (Å²) in [5, 5.41) is 10.8. The van der Waals surface area contributed by atoms with Crippen molar-refractivity contribution >= 4 is 5.78 Å². The summed E-state index contributed by atoms with van der Waals surface area (Å²) in [6.45, 7) is 12.9. The highest BCUT2D eigenvalue weighted by molar-refractivity contribution is 5.95. The summed E-state index contributed by atoms with van der Waals surface area (Å²) in [7, 11) is 0. The number of carbonyl (C=O) groups excluding carboxylic acids is 1. The van der Waals surface area contributed by atoms with Crippen molar-refractivity contribution in [3.05, 3.63) is 64.7 Å². The molecule has 152 valence electrons. The van der Waals surface area contributed by atoms with Crippen molar-refractivity contribution in [3.63, 3.8) is 0 Å². The van der Waals surface area contributed by atoms with Crippen LogP contribution in [-0.2, 0) is 17.3 Å². The van der Waals surface area contributed by atoms with Crippen LogP contribution >= 0.6 is 0 Å². The molecule has 2 heteroatoms. The molecule has 0 heterocycles. The second kappa shape index (κ2) is 8.94. The third kappa shape index (κ3) is 5.95. The number of benzene rings is 2. The second-order valence-corrected chi connectivity index (χ2v) is 9.89. The minimum absolute atomic E-state index is 0.0950. The Morgan fingerprint density at radius 1 is 0.821 bits per heavy atom. The Morgan fingerprint density at radius 2 is 1.36 bits per heavy atom. The van der Waals surface area contributed by atoms with Gasteiger partial charge in [0, 0.05) is 12.0 Å². The molecule has 1 N–H and O–H groups in total. The number of ketones is 1. The van der Waals surface area contributed by atoms with Crippen LogP contribution in [0.2, 0.25) is 0 Å². The molecule has 0 spiro atoms. The first-order valence-corrected chi connectivity index (χ1v) is 10.5. The van der Waals surface area contributed by atoms with Crippen molar-refractivity contribution in [1.82, 2.24) is 0 Å². The molecular formula is C26H36O2. The molecule has 2 aromatic rings. The minimum atomic E-state index is -0.0950. The van der Waals surface area contributed by atoms with Crippen LogP contribution < -0.4 is 0 Å². The van der Waals surface area contributed by atoms with Gasteiger partial charge in [0.05, 0.1) is 0 Å². The van der Waals surface area contributed by atoms with Crippen molar-refractivity contribution in [2.75, 3.05) is 0 Å². The minimum Gasteiger partial charge on any atom is -0.507 e. The molecule has 2 nitrogen and oxygen atoms in total. The van der Waals surface area contributed by atoms with Gasteiger partial charge in [-0.2, -0.15) is 0 Å². The summed E-state index contributed by atoms with van der Waals surface area (Å²) in [6, 6.07) is 13.9. The molecular weight excluding hydrogens is 344 g/mol. The molecule has 0 aromatic heterocycles. The van der Waals surface area contributed by atoms with Crippen molar-refractivity contribution < 1.29 is 9.90 Å². The van der Waals surface area contributed by atoms with Gasteiger partial charge in [-0.25, -0.2) is 0 Å². The van der Waals surface area contributed by atoms with Gasteiger partial charge in [0.1, 0.15) is 5.75 Å². The van der Waals surface area contributed by atoms with Crippen LogP contribution in [0.25, 0.3) is 0 Å². The molecule has 0 aliphatic carbocycles. The van der Waals surface area contributed by atoms with E-state index in [1.807, 2.05) is 30.3 Å². The zero-order valence-electron chi connectivity index (χ0n) is 18.4. The highest BCUT2D eigenvalue weighted by atomic mass is 16.3. The van der Waals surface area contributed by atoms with E-state index in [4.69, 9.17) is 0 Å². The Morgan fingerprint density at radius 3 is 1.86 bits per heavy atom. The predicted octanol–water partition coefficient (Wildman–Crippen LogP) is 6.97. The Kier molecular flexibility index (Phi) is 7.09. The van der Waals surface area contributed by atoms with Gasteiger partial charge >= 0.3 is 0 Å². The molecule has 0 atom stereocenters. The number of phenols is 1. The molecule has 0 amide bonds.